The van der Waals surface area contributed by atoms with Gasteiger partial charge in [-0.1, -0.05) is 6.92 Å². The summed E-state index contributed by atoms with van der Waals surface area (Å²) in [6.45, 7) is 2.95. The maximum Gasteiger partial charge on any atom is 0.318 e. The molecule has 1 aromatic rings. The molecule has 1 heterocycles. The van der Waals surface area contributed by atoms with Crippen molar-refractivity contribution in [3.05, 3.63) is 24.3 Å². The van der Waals surface area contributed by atoms with E-state index in [4.69, 9.17) is 0 Å². The number of benzene rings is 1. The lowest BCUT2D eigenvalue weighted by atomic mass is 10.0. The van der Waals surface area contributed by atoms with Crippen LogP contribution in [0.4, 0.5) is 16.2 Å². The van der Waals surface area contributed by atoms with Crippen molar-refractivity contribution < 1.29 is 9.59 Å². The molecular weight excluding hydrogens is 256 g/mol. The molecule has 1 aliphatic heterocycles. The molecule has 0 saturated carbocycles. The van der Waals surface area contributed by atoms with Gasteiger partial charge in [-0.25, -0.2) is 4.79 Å². The lowest BCUT2D eigenvalue weighted by Crippen LogP contribution is -2.39. The molecule has 20 heavy (non-hydrogen) atoms. The van der Waals surface area contributed by atoms with Gasteiger partial charge >= 0.3 is 6.03 Å². The molecule has 2 unspecified atom stereocenters. The monoisotopic (exact) mass is 276 g/mol. The van der Waals surface area contributed by atoms with Gasteiger partial charge in [0.25, 0.3) is 0 Å². The fourth-order valence-corrected chi connectivity index (χ4v) is 2.24. The Morgan fingerprint density at radius 1 is 1.15 bits per heavy atom. The molecule has 0 bridgehead atoms. The molecule has 0 radical (unpaired) electrons. The predicted octanol–water partition coefficient (Wildman–Crippen LogP) is 1.37. The van der Waals surface area contributed by atoms with Crippen LogP contribution < -0.4 is 21.3 Å². The number of hydrogen-bond acceptors (Lipinski definition) is 3. The van der Waals surface area contributed by atoms with E-state index in [1.807, 2.05) is 0 Å². The van der Waals surface area contributed by atoms with Gasteiger partial charge in [0.2, 0.25) is 5.91 Å². The Morgan fingerprint density at radius 3 is 2.25 bits per heavy atom. The predicted molar refractivity (Wildman–Crippen MR) is 78.7 cm³/mol. The molecule has 1 fully saturated rings. The fourth-order valence-electron chi connectivity index (χ4n) is 2.24. The van der Waals surface area contributed by atoms with Crippen LogP contribution in [-0.4, -0.2) is 31.6 Å². The van der Waals surface area contributed by atoms with E-state index in [1.165, 1.54) is 0 Å². The third-order valence-corrected chi connectivity index (χ3v) is 3.45. The van der Waals surface area contributed by atoms with Gasteiger partial charge in [-0.3, -0.25) is 4.79 Å². The van der Waals surface area contributed by atoms with Gasteiger partial charge in [-0.05, 0) is 43.1 Å². The van der Waals surface area contributed by atoms with Crippen LogP contribution >= 0.6 is 0 Å². The van der Waals surface area contributed by atoms with Crippen molar-refractivity contribution in [3.63, 3.8) is 0 Å². The van der Waals surface area contributed by atoms with E-state index in [1.54, 1.807) is 31.3 Å². The number of anilines is 2. The average molecular weight is 276 g/mol. The van der Waals surface area contributed by atoms with E-state index in [2.05, 4.69) is 28.2 Å². The quantitative estimate of drug-likeness (QED) is 0.673. The van der Waals surface area contributed by atoms with Gasteiger partial charge in [0.15, 0.2) is 0 Å². The second-order valence-corrected chi connectivity index (χ2v) is 4.97. The summed E-state index contributed by atoms with van der Waals surface area (Å²) >= 11 is 0. The molecular formula is C14H20N4O2. The van der Waals surface area contributed by atoms with Crippen LogP contribution in [0.25, 0.3) is 0 Å². The van der Waals surface area contributed by atoms with Crippen LogP contribution in [0, 0.1) is 5.92 Å². The third kappa shape index (κ3) is 3.48. The summed E-state index contributed by atoms with van der Waals surface area (Å²) in [6.07, 6.45) is 1.02. The molecule has 6 heteroatoms. The first-order chi connectivity index (χ1) is 9.60. The number of amides is 3. The summed E-state index contributed by atoms with van der Waals surface area (Å²) in [7, 11) is 1.56. The minimum Gasteiger partial charge on any atom is -0.341 e. The Balaban J connectivity index is 1.93. The summed E-state index contributed by atoms with van der Waals surface area (Å²) in [5, 5.41) is 11.2. The lowest BCUT2D eigenvalue weighted by molar-refractivity contribution is -0.118. The Bertz CT molecular complexity index is 486. The zero-order valence-corrected chi connectivity index (χ0v) is 11.7. The summed E-state index contributed by atoms with van der Waals surface area (Å²) in [4.78, 5) is 23.2. The second-order valence-electron chi connectivity index (χ2n) is 4.97. The largest absolute Gasteiger partial charge is 0.341 e. The van der Waals surface area contributed by atoms with Gasteiger partial charge in [0.05, 0.1) is 6.04 Å². The zero-order chi connectivity index (χ0) is 14.5. The Hall–Kier alpha value is -2.08. The number of nitrogens with one attached hydrogen (secondary N) is 4. The fraction of sp³-hybridized carbons (Fsp3) is 0.429. The van der Waals surface area contributed by atoms with E-state index in [-0.39, 0.29) is 18.0 Å². The molecule has 1 aromatic carbocycles. The van der Waals surface area contributed by atoms with Gasteiger partial charge in [0.1, 0.15) is 0 Å². The van der Waals surface area contributed by atoms with Crippen molar-refractivity contribution >= 4 is 23.3 Å². The van der Waals surface area contributed by atoms with Crippen LogP contribution in [0.3, 0.4) is 0 Å². The SMILES string of the molecule is CNC(=O)Nc1ccc(NC(=O)C2NCCC2C)cc1. The van der Waals surface area contributed by atoms with E-state index in [9.17, 15) is 9.59 Å². The first kappa shape index (κ1) is 14.3. The number of urea groups is 1. The molecule has 2 atom stereocenters. The maximum atomic E-state index is 12.1. The van der Waals surface area contributed by atoms with Crippen molar-refractivity contribution in [2.75, 3.05) is 24.2 Å². The maximum absolute atomic E-state index is 12.1. The molecule has 3 amide bonds. The van der Waals surface area contributed by atoms with Crippen LogP contribution in [0.2, 0.25) is 0 Å². The topological polar surface area (TPSA) is 82.3 Å². The van der Waals surface area contributed by atoms with Crippen molar-refractivity contribution in [2.24, 2.45) is 5.92 Å². The third-order valence-electron chi connectivity index (χ3n) is 3.45. The minimum atomic E-state index is -0.272. The van der Waals surface area contributed by atoms with Gasteiger partial charge < -0.3 is 21.3 Å². The highest BCUT2D eigenvalue weighted by Gasteiger charge is 2.29. The molecule has 0 aliphatic carbocycles. The average Bonchev–Trinajstić information content (AvgIpc) is 2.87. The molecule has 0 aromatic heterocycles. The lowest BCUT2D eigenvalue weighted by Gasteiger charge is -2.15. The number of hydrogen-bond donors (Lipinski definition) is 4. The summed E-state index contributed by atoms with van der Waals surface area (Å²) in [5.74, 6) is 0.339. The zero-order valence-electron chi connectivity index (χ0n) is 11.7. The first-order valence-corrected chi connectivity index (χ1v) is 6.73. The van der Waals surface area contributed by atoms with Crippen molar-refractivity contribution in [2.45, 2.75) is 19.4 Å². The smallest absolute Gasteiger partial charge is 0.318 e. The molecule has 108 valence electrons. The molecule has 0 spiro atoms. The van der Waals surface area contributed by atoms with E-state index < -0.39 is 0 Å². The molecule has 2 rings (SSSR count). The molecule has 4 N–H and O–H groups in total. The summed E-state index contributed by atoms with van der Waals surface area (Å²) in [5.41, 5.74) is 1.40. The minimum absolute atomic E-state index is 0.0120. The molecule has 1 aliphatic rings. The number of rotatable bonds is 3. The van der Waals surface area contributed by atoms with E-state index >= 15 is 0 Å². The normalized spacial score (nSPS) is 21.3. The van der Waals surface area contributed by atoms with Crippen molar-refractivity contribution in [1.82, 2.24) is 10.6 Å². The van der Waals surface area contributed by atoms with Gasteiger partial charge in [-0.2, -0.15) is 0 Å². The van der Waals surface area contributed by atoms with Crippen LogP contribution in [-0.2, 0) is 4.79 Å². The van der Waals surface area contributed by atoms with E-state index in [0.717, 1.165) is 18.7 Å². The Morgan fingerprint density at radius 2 is 1.75 bits per heavy atom. The molecule has 1 saturated heterocycles. The van der Waals surface area contributed by atoms with Crippen molar-refractivity contribution in [1.29, 1.82) is 0 Å². The summed E-state index contributed by atoms with van der Waals surface area (Å²) < 4.78 is 0. The Kier molecular flexibility index (Phi) is 4.57. The van der Waals surface area contributed by atoms with E-state index in [0.29, 0.717) is 11.6 Å². The van der Waals surface area contributed by atoms with Crippen molar-refractivity contribution in [3.8, 4) is 0 Å². The molecule has 6 nitrogen and oxygen atoms in total. The Labute approximate surface area is 118 Å². The van der Waals surface area contributed by atoms with Crippen LogP contribution in [0.15, 0.2) is 24.3 Å². The van der Waals surface area contributed by atoms with Gasteiger partial charge in [-0.15, -0.1) is 0 Å². The highest BCUT2D eigenvalue weighted by molar-refractivity contribution is 5.95. The number of carbonyl (C=O) groups is 2. The standard InChI is InChI=1S/C14H20N4O2/c1-9-7-8-16-12(9)13(19)17-10-3-5-11(6-4-10)18-14(20)15-2/h3-6,9,12,16H,7-8H2,1-2H3,(H,17,19)(H2,15,18,20). The number of carbonyl (C=O) groups excluding carboxylic acids is 2. The van der Waals surface area contributed by atoms with Gasteiger partial charge in [0, 0.05) is 18.4 Å². The second kappa shape index (κ2) is 6.38. The highest BCUT2D eigenvalue weighted by Crippen LogP contribution is 2.18. The first-order valence-electron chi connectivity index (χ1n) is 6.73. The van der Waals surface area contributed by atoms with Crippen LogP contribution in [0.5, 0.6) is 0 Å². The summed E-state index contributed by atoms with van der Waals surface area (Å²) in [6, 6.07) is 6.63. The highest BCUT2D eigenvalue weighted by atomic mass is 16.2. The van der Waals surface area contributed by atoms with Crippen LogP contribution in [0.1, 0.15) is 13.3 Å².